The Morgan fingerprint density at radius 2 is 2.32 bits per heavy atom. The third-order valence-corrected chi connectivity index (χ3v) is 3.83. The monoisotopic (exact) mass is 301 g/mol. The highest BCUT2D eigenvalue weighted by atomic mass is 32.2. The highest BCUT2D eigenvalue weighted by Gasteiger charge is 2.09. The van der Waals surface area contributed by atoms with Gasteiger partial charge in [0.15, 0.2) is 12.7 Å². The molecule has 0 amide bonds. The van der Waals surface area contributed by atoms with Crippen molar-refractivity contribution in [2.24, 2.45) is 0 Å². The summed E-state index contributed by atoms with van der Waals surface area (Å²) in [5.41, 5.74) is 0.800. The molecule has 0 atom stereocenters. The summed E-state index contributed by atoms with van der Waals surface area (Å²) in [5.74, 6) is 0.0592. The summed E-state index contributed by atoms with van der Waals surface area (Å²) < 4.78 is 37.9. The van der Waals surface area contributed by atoms with Crippen LogP contribution >= 0.6 is 11.3 Å². The van der Waals surface area contributed by atoms with Gasteiger partial charge in [-0.15, -0.1) is 11.3 Å². The predicted molar refractivity (Wildman–Crippen MR) is 66.7 cm³/mol. The number of hydrogen-bond donors (Lipinski definition) is 0. The van der Waals surface area contributed by atoms with E-state index in [1.165, 1.54) is 16.0 Å². The molecule has 0 saturated heterocycles. The Hall–Kier alpha value is -1.58. The number of methoxy groups -OCH3 is 1. The van der Waals surface area contributed by atoms with Crippen LogP contribution in [0.15, 0.2) is 23.8 Å². The van der Waals surface area contributed by atoms with Gasteiger partial charge in [0.25, 0.3) is 0 Å². The van der Waals surface area contributed by atoms with Gasteiger partial charge in [0.1, 0.15) is 21.3 Å². The summed E-state index contributed by atoms with van der Waals surface area (Å²) in [6.45, 7) is 0.0350. The molecule has 0 N–H and O–H groups in total. The lowest BCUT2D eigenvalue weighted by molar-refractivity contribution is -0.750. The molecule has 2 heterocycles. The summed E-state index contributed by atoms with van der Waals surface area (Å²) in [4.78, 5) is 4.22. The summed E-state index contributed by atoms with van der Waals surface area (Å²) in [5, 5.41) is 6.57. The van der Waals surface area contributed by atoms with Crippen molar-refractivity contribution >= 4 is 21.5 Å². The number of thiazole rings is 1. The van der Waals surface area contributed by atoms with Gasteiger partial charge in [-0.3, -0.25) is 0 Å². The SMILES string of the molecule is COc1csc(-c2cc[n+](CCS(=O)(=O)[O-])nc2)n1. The van der Waals surface area contributed by atoms with E-state index >= 15 is 0 Å². The van der Waals surface area contributed by atoms with E-state index in [1.54, 1.807) is 30.9 Å². The van der Waals surface area contributed by atoms with E-state index in [-0.39, 0.29) is 6.54 Å². The molecule has 2 rings (SSSR count). The Bertz CT molecular complexity index is 652. The average Bonchev–Trinajstić information content (AvgIpc) is 2.85. The third kappa shape index (κ3) is 3.94. The van der Waals surface area contributed by atoms with Crippen LogP contribution in [0, 0.1) is 0 Å². The number of aryl methyl sites for hydroxylation is 1. The number of ether oxygens (including phenoxy) is 1. The predicted octanol–water partition coefficient (Wildman–Crippen LogP) is 0.0464. The molecule has 0 saturated carbocycles. The largest absolute Gasteiger partial charge is 0.748 e. The zero-order valence-electron chi connectivity index (χ0n) is 10.0. The molecule has 0 radical (unpaired) electrons. The first kappa shape index (κ1) is 13.8. The maximum Gasteiger partial charge on any atom is 0.224 e. The molecule has 2 aromatic rings. The number of hydrogen-bond acceptors (Lipinski definition) is 7. The van der Waals surface area contributed by atoms with E-state index < -0.39 is 15.9 Å². The molecule has 2 aromatic heterocycles. The molecule has 0 aliphatic rings. The molecule has 19 heavy (non-hydrogen) atoms. The van der Waals surface area contributed by atoms with E-state index in [0.717, 1.165) is 10.6 Å². The Balaban J connectivity index is 2.10. The van der Waals surface area contributed by atoms with Gasteiger partial charge in [-0.05, 0) is 5.10 Å². The summed E-state index contributed by atoms with van der Waals surface area (Å²) in [6, 6.07) is 1.75. The fourth-order valence-corrected chi connectivity index (χ4v) is 2.51. The van der Waals surface area contributed by atoms with Crippen LogP contribution in [0.25, 0.3) is 10.6 Å². The van der Waals surface area contributed by atoms with E-state index in [2.05, 4.69) is 10.1 Å². The molecular weight excluding hydrogens is 290 g/mol. The molecule has 0 unspecified atom stereocenters. The molecule has 0 aliphatic heterocycles. The van der Waals surface area contributed by atoms with Crippen LogP contribution in [-0.4, -0.2) is 35.9 Å². The van der Waals surface area contributed by atoms with Gasteiger partial charge in [-0.2, -0.15) is 0 Å². The normalized spacial score (nSPS) is 11.5. The Morgan fingerprint density at radius 3 is 2.84 bits per heavy atom. The number of rotatable bonds is 5. The fraction of sp³-hybridized carbons (Fsp3) is 0.300. The van der Waals surface area contributed by atoms with Gasteiger partial charge < -0.3 is 9.29 Å². The second-order valence-electron chi connectivity index (χ2n) is 3.64. The zero-order valence-corrected chi connectivity index (χ0v) is 11.6. The van der Waals surface area contributed by atoms with Crippen LogP contribution in [0.5, 0.6) is 5.88 Å². The zero-order chi connectivity index (χ0) is 13.9. The van der Waals surface area contributed by atoms with Crippen molar-refractivity contribution in [2.75, 3.05) is 12.9 Å². The Labute approximate surface area is 114 Å². The minimum atomic E-state index is -4.22. The van der Waals surface area contributed by atoms with Gasteiger partial charge >= 0.3 is 0 Å². The fourth-order valence-electron chi connectivity index (χ4n) is 1.33. The summed E-state index contributed by atoms with van der Waals surface area (Å²) in [6.07, 6.45) is 3.17. The van der Waals surface area contributed by atoms with Crippen LogP contribution in [0.4, 0.5) is 0 Å². The van der Waals surface area contributed by atoms with Gasteiger partial charge in [0.2, 0.25) is 5.88 Å². The smallest absolute Gasteiger partial charge is 0.224 e. The molecule has 0 aliphatic carbocycles. The summed E-state index contributed by atoms with van der Waals surface area (Å²) >= 11 is 1.42. The molecule has 0 aromatic carbocycles. The van der Waals surface area contributed by atoms with E-state index in [4.69, 9.17) is 4.74 Å². The van der Waals surface area contributed by atoms with Crippen LogP contribution in [0.1, 0.15) is 0 Å². The first-order valence-corrected chi connectivity index (χ1v) is 7.73. The Kier molecular flexibility index (Phi) is 4.08. The lowest BCUT2D eigenvalue weighted by Crippen LogP contribution is -2.40. The van der Waals surface area contributed by atoms with Crippen LogP contribution in [0.3, 0.4) is 0 Å². The standard InChI is InChI=1S/C10H11N3O4S2/c1-17-9-7-18-10(12-9)8-2-3-13(11-6-8)4-5-19(14,15)16/h2-3,6-7H,4-5H2,1H3. The quantitative estimate of drug-likeness (QED) is 0.572. The van der Waals surface area contributed by atoms with E-state index in [1.807, 2.05) is 0 Å². The molecular formula is C10H11N3O4S2. The van der Waals surface area contributed by atoms with Gasteiger partial charge in [-0.1, -0.05) is 4.68 Å². The van der Waals surface area contributed by atoms with Crippen LogP contribution in [-0.2, 0) is 16.7 Å². The van der Waals surface area contributed by atoms with E-state index in [9.17, 15) is 13.0 Å². The van der Waals surface area contributed by atoms with E-state index in [0.29, 0.717) is 5.88 Å². The first-order chi connectivity index (χ1) is 8.98. The molecule has 102 valence electrons. The maximum absolute atomic E-state index is 10.5. The van der Waals surface area contributed by atoms with Crippen molar-refractivity contribution < 1.29 is 22.4 Å². The number of aromatic nitrogens is 3. The van der Waals surface area contributed by atoms with Crippen molar-refractivity contribution in [3.05, 3.63) is 23.8 Å². The highest BCUT2D eigenvalue weighted by molar-refractivity contribution is 7.85. The van der Waals surface area contributed by atoms with Crippen molar-refractivity contribution in [1.82, 2.24) is 10.1 Å². The lowest BCUT2D eigenvalue weighted by Gasteiger charge is -2.02. The highest BCUT2D eigenvalue weighted by Crippen LogP contribution is 2.25. The third-order valence-electron chi connectivity index (χ3n) is 2.28. The first-order valence-electron chi connectivity index (χ1n) is 5.27. The molecule has 9 heteroatoms. The van der Waals surface area contributed by atoms with Crippen molar-refractivity contribution in [2.45, 2.75) is 6.54 Å². The van der Waals surface area contributed by atoms with Crippen molar-refractivity contribution in [1.29, 1.82) is 0 Å². The van der Waals surface area contributed by atoms with Gasteiger partial charge in [-0.25, -0.2) is 13.4 Å². The van der Waals surface area contributed by atoms with Crippen LogP contribution < -0.4 is 9.42 Å². The molecule has 0 fully saturated rings. The van der Waals surface area contributed by atoms with Crippen LogP contribution in [0.2, 0.25) is 0 Å². The Morgan fingerprint density at radius 1 is 1.53 bits per heavy atom. The molecule has 0 spiro atoms. The average molecular weight is 301 g/mol. The van der Waals surface area contributed by atoms with Gasteiger partial charge in [0, 0.05) is 11.6 Å². The minimum absolute atomic E-state index is 0.0350. The summed E-state index contributed by atoms with van der Waals surface area (Å²) in [7, 11) is -2.68. The molecule has 7 nitrogen and oxygen atoms in total. The second kappa shape index (κ2) is 5.59. The number of nitrogens with zero attached hydrogens (tertiary/aromatic N) is 3. The topological polar surface area (TPSA) is 96.1 Å². The van der Waals surface area contributed by atoms with Gasteiger partial charge in [0.05, 0.1) is 18.2 Å². The minimum Gasteiger partial charge on any atom is -0.748 e. The van der Waals surface area contributed by atoms with Crippen molar-refractivity contribution in [3.63, 3.8) is 0 Å². The van der Waals surface area contributed by atoms with Crippen molar-refractivity contribution in [3.8, 4) is 16.5 Å². The lowest BCUT2D eigenvalue weighted by atomic mass is 10.3. The molecule has 0 bridgehead atoms. The maximum atomic E-state index is 10.5. The second-order valence-corrected chi connectivity index (χ2v) is 6.02.